The summed E-state index contributed by atoms with van der Waals surface area (Å²) in [5.74, 6) is -1.27. The van der Waals surface area contributed by atoms with Crippen molar-refractivity contribution in [2.75, 3.05) is 27.2 Å². The maximum atomic E-state index is 13.1. The molecule has 1 aliphatic rings. The molecule has 1 atom stereocenters. The molecule has 1 aliphatic heterocycles. The van der Waals surface area contributed by atoms with Crippen LogP contribution in [0.4, 0.5) is 0 Å². The Kier molecular flexibility index (Phi) is 6.42. The SMILES string of the molecule is Cc1ccc(C)c(/C(O)=C2\C(=O)C(=O)N(CCCN(C)C)C2c2ccccc2C)c1. The van der Waals surface area contributed by atoms with Crippen LogP contribution in [0.25, 0.3) is 5.76 Å². The minimum absolute atomic E-state index is 0.0992. The topological polar surface area (TPSA) is 60.9 Å². The van der Waals surface area contributed by atoms with E-state index in [4.69, 9.17) is 0 Å². The molecule has 0 radical (unpaired) electrons. The van der Waals surface area contributed by atoms with Gasteiger partial charge < -0.3 is 14.9 Å². The summed E-state index contributed by atoms with van der Waals surface area (Å²) in [6.07, 6.45) is 0.742. The van der Waals surface area contributed by atoms with Crippen molar-refractivity contribution < 1.29 is 14.7 Å². The van der Waals surface area contributed by atoms with Gasteiger partial charge in [-0.05, 0) is 70.6 Å². The van der Waals surface area contributed by atoms with Gasteiger partial charge in [0.25, 0.3) is 11.7 Å². The van der Waals surface area contributed by atoms with Crippen LogP contribution in [0.3, 0.4) is 0 Å². The summed E-state index contributed by atoms with van der Waals surface area (Å²) in [7, 11) is 3.96. The van der Waals surface area contributed by atoms with Crippen molar-refractivity contribution in [3.05, 3.63) is 75.9 Å². The largest absolute Gasteiger partial charge is 0.507 e. The zero-order valence-corrected chi connectivity index (χ0v) is 18.4. The minimum atomic E-state index is -0.619. The summed E-state index contributed by atoms with van der Waals surface area (Å²) < 4.78 is 0. The normalized spacial score (nSPS) is 18.5. The average Bonchev–Trinajstić information content (AvgIpc) is 2.94. The first-order chi connectivity index (χ1) is 14.2. The van der Waals surface area contributed by atoms with E-state index in [1.807, 2.05) is 77.3 Å². The van der Waals surface area contributed by atoms with Gasteiger partial charge in [-0.25, -0.2) is 0 Å². The Morgan fingerprint density at radius 3 is 2.40 bits per heavy atom. The first-order valence-electron chi connectivity index (χ1n) is 10.3. The van der Waals surface area contributed by atoms with Crippen LogP contribution < -0.4 is 0 Å². The molecule has 1 N–H and O–H groups in total. The Labute approximate surface area is 178 Å². The molecule has 5 nitrogen and oxygen atoms in total. The van der Waals surface area contributed by atoms with Crippen LogP contribution in [0.1, 0.15) is 40.3 Å². The van der Waals surface area contributed by atoms with Crippen LogP contribution in [0.2, 0.25) is 0 Å². The van der Waals surface area contributed by atoms with Crippen LogP contribution in [0, 0.1) is 20.8 Å². The Morgan fingerprint density at radius 1 is 1.03 bits per heavy atom. The molecule has 3 rings (SSSR count). The summed E-state index contributed by atoms with van der Waals surface area (Å²) in [5.41, 5.74) is 4.46. The maximum Gasteiger partial charge on any atom is 0.295 e. The minimum Gasteiger partial charge on any atom is -0.507 e. The lowest BCUT2D eigenvalue weighted by molar-refractivity contribution is -0.139. The summed E-state index contributed by atoms with van der Waals surface area (Å²) in [6, 6.07) is 12.9. The molecule has 1 unspecified atom stereocenters. The number of hydrogen-bond acceptors (Lipinski definition) is 4. The van der Waals surface area contributed by atoms with E-state index in [1.165, 1.54) is 0 Å². The second-order valence-electron chi connectivity index (χ2n) is 8.32. The number of carbonyl (C=O) groups excluding carboxylic acids is 2. The quantitative estimate of drug-likeness (QED) is 0.448. The molecule has 0 aliphatic carbocycles. The Hall–Kier alpha value is -2.92. The van der Waals surface area contributed by atoms with Gasteiger partial charge in [0.1, 0.15) is 5.76 Å². The van der Waals surface area contributed by atoms with E-state index in [9.17, 15) is 14.7 Å². The number of benzene rings is 2. The second-order valence-corrected chi connectivity index (χ2v) is 8.32. The third-order valence-electron chi connectivity index (χ3n) is 5.68. The summed E-state index contributed by atoms with van der Waals surface area (Å²) in [6.45, 7) is 7.05. The van der Waals surface area contributed by atoms with Gasteiger partial charge in [-0.15, -0.1) is 0 Å². The maximum absolute atomic E-state index is 13.1. The fraction of sp³-hybridized carbons (Fsp3) is 0.360. The number of likely N-dealkylation sites (tertiary alicyclic amines) is 1. The van der Waals surface area contributed by atoms with Crippen molar-refractivity contribution in [3.63, 3.8) is 0 Å². The Balaban J connectivity index is 2.16. The molecule has 30 heavy (non-hydrogen) atoms. The van der Waals surface area contributed by atoms with Crippen molar-refractivity contribution in [3.8, 4) is 0 Å². The van der Waals surface area contributed by atoms with Crippen molar-refractivity contribution in [1.82, 2.24) is 9.80 Å². The number of ketones is 1. The van der Waals surface area contributed by atoms with E-state index in [2.05, 4.69) is 4.90 Å². The molecule has 1 saturated heterocycles. The highest BCUT2D eigenvalue weighted by atomic mass is 16.3. The van der Waals surface area contributed by atoms with Crippen molar-refractivity contribution in [1.29, 1.82) is 0 Å². The fourth-order valence-electron chi connectivity index (χ4n) is 4.02. The second kappa shape index (κ2) is 8.84. The van der Waals surface area contributed by atoms with Crippen LogP contribution in [-0.2, 0) is 9.59 Å². The molecule has 0 aromatic heterocycles. The van der Waals surface area contributed by atoms with E-state index in [-0.39, 0.29) is 11.3 Å². The predicted molar refractivity (Wildman–Crippen MR) is 119 cm³/mol. The van der Waals surface area contributed by atoms with Gasteiger partial charge in [-0.3, -0.25) is 9.59 Å². The third kappa shape index (κ3) is 4.17. The molecule has 5 heteroatoms. The monoisotopic (exact) mass is 406 g/mol. The highest BCUT2D eigenvalue weighted by Crippen LogP contribution is 2.41. The third-order valence-corrected chi connectivity index (χ3v) is 5.68. The number of nitrogens with zero attached hydrogens (tertiary/aromatic N) is 2. The molecule has 2 aromatic carbocycles. The lowest BCUT2D eigenvalue weighted by Gasteiger charge is -2.27. The molecule has 2 aromatic rings. The Bertz CT molecular complexity index is 1010. The highest BCUT2D eigenvalue weighted by molar-refractivity contribution is 6.46. The van der Waals surface area contributed by atoms with E-state index in [0.29, 0.717) is 12.1 Å². The molecule has 0 bridgehead atoms. The summed E-state index contributed by atoms with van der Waals surface area (Å²) >= 11 is 0. The van der Waals surface area contributed by atoms with Crippen molar-refractivity contribution >= 4 is 17.4 Å². The molecular formula is C25H30N2O3. The zero-order chi connectivity index (χ0) is 22.0. The number of Topliss-reactive ketones (excluding diaryl/α,β-unsaturated/α-hetero) is 1. The number of aliphatic hydroxyl groups excluding tert-OH is 1. The average molecular weight is 407 g/mol. The summed E-state index contributed by atoms with van der Waals surface area (Å²) in [5, 5.41) is 11.2. The first-order valence-corrected chi connectivity index (χ1v) is 10.3. The van der Waals surface area contributed by atoms with Crippen molar-refractivity contribution in [2.45, 2.75) is 33.2 Å². The number of amides is 1. The van der Waals surface area contributed by atoms with Gasteiger partial charge in [0.2, 0.25) is 0 Å². The van der Waals surface area contributed by atoms with Crippen molar-refractivity contribution in [2.24, 2.45) is 0 Å². The number of hydrogen-bond donors (Lipinski definition) is 1. The fourth-order valence-corrected chi connectivity index (χ4v) is 4.02. The molecule has 158 valence electrons. The van der Waals surface area contributed by atoms with Crippen LogP contribution >= 0.6 is 0 Å². The van der Waals surface area contributed by atoms with E-state index < -0.39 is 17.7 Å². The lowest BCUT2D eigenvalue weighted by atomic mass is 9.91. The zero-order valence-electron chi connectivity index (χ0n) is 18.4. The molecule has 0 saturated carbocycles. The van der Waals surface area contributed by atoms with Gasteiger partial charge in [0, 0.05) is 12.1 Å². The highest BCUT2D eigenvalue weighted by Gasteiger charge is 2.46. The molecule has 0 spiro atoms. The molecule has 1 fully saturated rings. The van der Waals surface area contributed by atoms with E-state index >= 15 is 0 Å². The van der Waals surface area contributed by atoms with Gasteiger partial charge in [-0.1, -0.05) is 42.0 Å². The van der Waals surface area contributed by atoms with Crippen LogP contribution in [0.15, 0.2) is 48.0 Å². The van der Waals surface area contributed by atoms with E-state index in [1.54, 1.807) is 4.90 Å². The number of rotatable bonds is 6. The van der Waals surface area contributed by atoms with E-state index in [0.717, 1.165) is 35.2 Å². The number of aliphatic hydroxyl groups is 1. The molecule has 1 amide bonds. The summed E-state index contributed by atoms with van der Waals surface area (Å²) in [4.78, 5) is 29.8. The molecule has 1 heterocycles. The smallest absolute Gasteiger partial charge is 0.295 e. The number of carbonyl (C=O) groups is 2. The van der Waals surface area contributed by atoms with Gasteiger partial charge in [-0.2, -0.15) is 0 Å². The first kappa shape index (κ1) is 21.8. The molecular weight excluding hydrogens is 376 g/mol. The van der Waals surface area contributed by atoms with Gasteiger partial charge in [0.15, 0.2) is 0 Å². The van der Waals surface area contributed by atoms with Gasteiger partial charge >= 0.3 is 0 Å². The standard InChI is InChI=1S/C25H30N2O3/c1-16-11-12-18(3)20(15-16)23(28)21-22(19-10-7-6-9-17(19)2)27(25(30)24(21)29)14-8-13-26(4)5/h6-7,9-12,15,22,28H,8,13-14H2,1-5H3/b23-21+. The van der Waals surface area contributed by atoms with Crippen LogP contribution in [-0.4, -0.2) is 53.8 Å². The number of aryl methyl sites for hydroxylation is 3. The lowest BCUT2D eigenvalue weighted by Crippen LogP contribution is -2.32. The van der Waals surface area contributed by atoms with Crippen LogP contribution in [0.5, 0.6) is 0 Å². The predicted octanol–water partition coefficient (Wildman–Crippen LogP) is 3.99. The van der Waals surface area contributed by atoms with Gasteiger partial charge in [0.05, 0.1) is 11.6 Å². The Morgan fingerprint density at radius 2 is 1.73 bits per heavy atom.